The fourth-order valence-electron chi connectivity index (χ4n) is 3.42. The van der Waals surface area contributed by atoms with Gasteiger partial charge in [0.2, 0.25) is 0 Å². The Bertz CT molecular complexity index is 584. The summed E-state index contributed by atoms with van der Waals surface area (Å²) in [6.45, 7) is 1.01. The van der Waals surface area contributed by atoms with Crippen molar-refractivity contribution >= 4 is 12.0 Å². The third-order valence-electron chi connectivity index (χ3n) is 4.71. The fourth-order valence-corrected chi connectivity index (χ4v) is 3.42. The first-order valence-corrected chi connectivity index (χ1v) is 8.64. The summed E-state index contributed by atoms with van der Waals surface area (Å²) in [7, 11) is 0. The molecule has 1 aromatic rings. The summed E-state index contributed by atoms with van der Waals surface area (Å²) in [4.78, 5) is 26.1. The molecule has 1 aliphatic heterocycles. The molecule has 1 atom stereocenters. The smallest absolute Gasteiger partial charge is 0.407 e. The van der Waals surface area contributed by atoms with Gasteiger partial charge < -0.3 is 15.0 Å². The van der Waals surface area contributed by atoms with Crippen LogP contribution < -0.4 is 5.32 Å². The molecule has 2 amide bonds. The average molecular weight is 334 g/mol. The summed E-state index contributed by atoms with van der Waals surface area (Å²) in [6, 6.07) is 5.74. The second kappa shape index (κ2) is 7.64. The van der Waals surface area contributed by atoms with Gasteiger partial charge in [0.1, 0.15) is 11.9 Å². The lowest BCUT2D eigenvalue weighted by atomic mass is 10.1. The largest absolute Gasteiger partial charge is 0.444 e. The number of hydrogen-bond donors (Lipinski definition) is 1. The van der Waals surface area contributed by atoms with Crippen LogP contribution in [0.4, 0.5) is 9.18 Å². The van der Waals surface area contributed by atoms with E-state index < -0.39 is 0 Å². The zero-order chi connectivity index (χ0) is 16.9. The molecule has 0 bridgehead atoms. The maximum atomic E-state index is 13.0. The van der Waals surface area contributed by atoms with Gasteiger partial charge in [-0.25, -0.2) is 9.18 Å². The number of piperidine rings is 1. The van der Waals surface area contributed by atoms with Crippen molar-refractivity contribution in [3.05, 3.63) is 35.6 Å². The highest BCUT2D eigenvalue weighted by Crippen LogP contribution is 2.19. The van der Waals surface area contributed by atoms with Gasteiger partial charge in [0.15, 0.2) is 0 Å². The summed E-state index contributed by atoms with van der Waals surface area (Å²) >= 11 is 0. The van der Waals surface area contributed by atoms with E-state index in [-0.39, 0.29) is 30.0 Å². The molecule has 1 N–H and O–H groups in total. The van der Waals surface area contributed by atoms with Crippen LogP contribution in [0.5, 0.6) is 0 Å². The van der Waals surface area contributed by atoms with Crippen molar-refractivity contribution in [3.63, 3.8) is 0 Å². The Kier molecular flexibility index (Phi) is 5.33. The van der Waals surface area contributed by atoms with Crippen molar-refractivity contribution in [2.45, 2.75) is 50.7 Å². The number of amides is 2. The van der Waals surface area contributed by atoms with Crippen LogP contribution in [-0.2, 0) is 4.74 Å². The molecule has 1 saturated heterocycles. The summed E-state index contributed by atoms with van der Waals surface area (Å²) in [5.74, 6) is -0.519. The molecule has 1 aliphatic carbocycles. The van der Waals surface area contributed by atoms with Crippen molar-refractivity contribution in [1.29, 1.82) is 0 Å². The van der Waals surface area contributed by atoms with Gasteiger partial charge in [0.25, 0.3) is 5.91 Å². The molecular formula is C18H23FN2O3. The molecule has 24 heavy (non-hydrogen) atoms. The maximum absolute atomic E-state index is 13.0. The third kappa shape index (κ3) is 4.24. The van der Waals surface area contributed by atoms with Gasteiger partial charge >= 0.3 is 6.09 Å². The van der Waals surface area contributed by atoms with E-state index in [9.17, 15) is 14.0 Å². The number of carbonyl (C=O) groups is 2. The maximum Gasteiger partial charge on any atom is 0.407 e. The Balaban J connectivity index is 1.52. The van der Waals surface area contributed by atoms with Crippen LogP contribution in [0.3, 0.4) is 0 Å². The quantitative estimate of drug-likeness (QED) is 0.924. The molecule has 3 rings (SSSR count). The van der Waals surface area contributed by atoms with Gasteiger partial charge in [-0.1, -0.05) is 12.8 Å². The van der Waals surface area contributed by atoms with Gasteiger partial charge in [-0.2, -0.15) is 0 Å². The zero-order valence-electron chi connectivity index (χ0n) is 13.7. The number of hydrogen-bond acceptors (Lipinski definition) is 3. The van der Waals surface area contributed by atoms with Gasteiger partial charge in [0.05, 0.1) is 6.54 Å². The lowest BCUT2D eigenvalue weighted by Gasteiger charge is -2.32. The average Bonchev–Trinajstić information content (AvgIpc) is 3.08. The normalized spacial score (nSPS) is 21.5. The number of rotatable bonds is 3. The van der Waals surface area contributed by atoms with Crippen molar-refractivity contribution in [1.82, 2.24) is 10.2 Å². The highest BCUT2D eigenvalue weighted by Gasteiger charge is 2.28. The number of nitrogens with one attached hydrogen (secondary N) is 1. The van der Waals surface area contributed by atoms with Crippen LogP contribution >= 0.6 is 0 Å². The van der Waals surface area contributed by atoms with E-state index >= 15 is 0 Å². The van der Waals surface area contributed by atoms with E-state index in [0.29, 0.717) is 18.7 Å². The first-order chi connectivity index (χ1) is 11.6. The number of nitrogens with zero attached hydrogens (tertiary/aromatic N) is 1. The third-order valence-corrected chi connectivity index (χ3v) is 4.71. The Morgan fingerprint density at radius 1 is 1.08 bits per heavy atom. The molecule has 1 unspecified atom stereocenters. The van der Waals surface area contributed by atoms with Crippen LogP contribution in [0.15, 0.2) is 24.3 Å². The SMILES string of the molecule is O=C(NC1CCCC1)OC1CCCN(C(=O)c2ccc(F)cc2)C1. The van der Waals surface area contributed by atoms with E-state index in [1.165, 1.54) is 24.3 Å². The molecule has 2 aliphatic rings. The van der Waals surface area contributed by atoms with Crippen LogP contribution in [0.1, 0.15) is 48.9 Å². The Labute approximate surface area is 141 Å². The number of likely N-dealkylation sites (tertiary alicyclic amines) is 1. The number of halogens is 1. The summed E-state index contributed by atoms with van der Waals surface area (Å²) in [6.07, 6.45) is 5.18. The summed E-state index contributed by atoms with van der Waals surface area (Å²) in [5.41, 5.74) is 0.451. The Hall–Kier alpha value is -2.11. The molecule has 0 radical (unpaired) electrons. The molecule has 130 valence electrons. The number of alkyl carbamates (subject to hydrolysis) is 1. The van der Waals surface area contributed by atoms with E-state index in [0.717, 1.165) is 38.5 Å². The zero-order valence-corrected chi connectivity index (χ0v) is 13.7. The minimum Gasteiger partial charge on any atom is -0.444 e. The lowest BCUT2D eigenvalue weighted by molar-refractivity contribution is 0.0334. The van der Waals surface area contributed by atoms with Gasteiger partial charge in [-0.05, 0) is 49.9 Å². The molecule has 1 saturated carbocycles. The molecule has 0 aromatic heterocycles. The highest BCUT2D eigenvalue weighted by molar-refractivity contribution is 5.94. The topological polar surface area (TPSA) is 58.6 Å². The molecular weight excluding hydrogens is 311 g/mol. The fraction of sp³-hybridized carbons (Fsp3) is 0.556. The number of benzene rings is 1. The van der Waals surface area contributed by atoms with Crippen LogP contribution in [0.2, 0.25) is 0 Å². The van der Waals surface area contributed by atoms with E-state index in [4.69, 9.17) is 4.74 Å². The predicted octanol–water partition coefficient (Wildman–Crippen LogP) is 3.10. The number of carbonyl (C=O) groups excluding carboxylic acids is 2. The van der Waals surface area contributed by atoms with Gasteiger partial charge in [-0.15, -0.1) is 0 Å². The molecule has 1 heterocycles. The van der Waals surface area contributed by atoms with Crippen molar-refractivity contribution < 1.29 is 18.7 Å². The molecule has 2 fully saturated rings. The first-order valence-electron chi connectivity index (χ1n) is 8.64. The van der Waals surface area contributed by atoms with Crippen molar-refractivity contribution in [2.75, 3.05) is 13.1 Å². The van der Waals surface area contributed by atoms with Crippen LogP contribution in [-0.4, -0.2) is 42.1 Å². The molecule has 0 spiro atoms. The minimum atomic E-state index is -0.386. The molecule has 1 aromatic carbocycles. The monoisotopic (exact) mass is 334 g/mol. The van der Waals surface area contributed by atoms with Gasteiger partial charge in [-0.3, -0.25) is 4.79 Å². The van der Waals surface area contributed by atoms with Crippen molar-refractivity contribution in [3.8, 4) is 0 Å². The number of ether oxygens (including phenoxy) is 1. The van der Waals surface area contributed by atoms with Crippen LogP contribution in [0, 0.1) is 5.82 Å². The van der Waals surface area contributed by atoms with E-state index in [1.54, 1.807) is 4.90 Å². The summed E-state index contributed by atoms with van der Waals surface area (Å²) < 4.78 is 18.5. The minimum absolute atomic E-state index is 0.153. The van der Waals surface area contributed by atoms with E-state index in [2.05, 4.69) is 5.32 Å². The second-order valence-corrected chi connectivity index (χ2v) is 6.55. The first kappa shape index (κ1) is 16.7. The standard InChI is InChI=1S/C18H23FN2O3/c19-14-9-7-13(8-10-14)17(22)21-11-3-6-16(12-21)24-18(23)20-15-4-1-2-5-15/h7-10,15-16H,1-6,11-12H2,(H,20,23). The van der Waals surface area contributed by atoms with Crippen LogP contribution in [0.25, 0.3) is 0 Å². The summed E-state index contributed by atoms with van der Waals surface area (Å²) in [5, 5.41) is 2.90. The van der Waals surface area contributed by atoms with Gasteiger partial charge in [0, 0.05) is 18.2 Å². The molecule has 6 heteroatoms. The second-order valence-electron chi connectivity index (χ2n) is 6.55. The lowest BCUT2D eigenvalue weighted by Crippen LogP contribution is -2.45. The predicted molar refractivity (Wildman–Crippen MR) is 87.2 cm³/mol. The molecule has 5 nitrogen and oxygen atoms in total. The van der Waals surface area contributed by atoms with E-state index in [1.807, 2.05) is 0 Å². The Morgan fingerprint density at radius 3 is 2.50 bits per heavy atom. The highest BCUT2D eigenvalue weighted by atomic mass is 19.1. The Morgan fingerprint density at radius 2 is 1.79 bits per heavy atom. The van der Waals surface area contributed by atoms with Crippen molar-refractivity contribution in [2.24, 2.45) is 0 Å².